The molecule has 0 saturated heterocycles. The van der Waals surface area contributed by atoms with Crippen molar-refractivity contribution < 1.29 is 23.8 Å². The normalized spacial score (nSPS) is 10.5. The first-order valence-corrected chi connectivity index (χ1v) is 9.29. The molecule has 0 heterocycles. The number of rotatable bonds is 6. The van der Waals surface area contributed by atoms with E-state index in [4.69, 9.17) is 14.2 Å². The van der Waals surface area contributed by atoms with Gasteiger partial charge < -0.3 is 14.2 Å². The van der Waals surface area contributed by atoms with Gasteiger partial charge in [0.15, 0.2) is 0 Å². The van der Waals surface area contributed by atoms with Crippen LogP contribution < -0.4 is 9.47 Å². The summed E-state index contributed by atoms with van der Waals surface area (Å²) >= 11 is 0. The molecule has 144 valence electrons. The highest BCUT2D eigenvalue weighted by atomic mass is 16.7. The minimum atomic E-state index is -0.803. The molecule has 5 heteroatoms. The lowest BCUT2D eigenvalue weighted by atomic mass is 10.1. The van der Waals surface area contributed by atoms with Gasteiger partial charge in [0.05, 0.1) is 17.6 Å². The molecule has 0 fully saturated rings. The molecule has 3 rings (SSSR count). The summed E-state index contributed by atoms with van der Waals surface area (Å²) in [5, 5.41) is 1.32. The van der Waals surface area contributed by atoms with E-state index in [0.29, 0.717) is 16.7 Å². The molecule has 0 aliphatic heterocycles. The summed E-state index contributed by atoms with van der Waals surface area (Å²) in [6.45, 7) is 4.02. The highest BCUT2D eigenvalue weighted by Crippen LogP contribution is 2.34. The summed E-state index contributed by atoms with van der Waals surface area (Å²) in [5.74, 6) is 0.124. The fraction of sp³-hybridized carbons (Fsp3) is 0.217. The van der Waals surface area contributed by atoms with Crippen LogP contribution in [0.5, 0.6) is 11.5 Å². The van der Waals surface area contributed by atoms with E-state index in [2.05, 4.69) is 6.92 Å². The fourth-order valence-electron chi connectivity index (χ4n) is 2.94. The molecular weight excluding hydrogens is 356 g/mol. The van der Waals surface area contributed by atoms with Crippen molar-refractivity contribution >= 4 is 22.9 Å². The number of esters is 1. The number of carbonyl (C=O) groups excluding carboxylic acids is 2. The van der Waals surface area contributed by atoms with Gasteiger partial charge in [-0.25, -0.2) is 9.59 Å². The summed E-state index contributed by atoms with van der Waals surface area (Å²) in [4.78, 5) is 24.4. The minimum Gasteiger partial charge on any atom is -0.434 e. The average molecular weight is 378 g/mol. The zero-order valence-electron chi connectivity index (χ0n) is 15.9. The number of aryl methyl sites for hydroxylation is 1. The van der Waals surface area contributed by atoms with Crippen LogP contribution in [0.1, 0.15) is 36.2 Å². The van der Waals surface area contributed by atoms with Gasteiger partial charge >= 0.3 is 12.1 Å². The summed E-state index contributed by atoms with van der Waals surface area (Å²) in [6, 6.07) is 17.9. The molecule has 0 amide bonds. The number of carbonyl (C=O) groups is 2. The van der Waals surface area contributed by atoms with Crippen LogP contribution in [0.25, 0.3) is 10.8 Å². The number of hydrogen-bond donors (Lipinski definition) is 0. The Balaban J connectivity index is 1.89. The van der Waals surface area contributed by atoms with E-state index in [-0.39, 0.29) is 12.4 Å². The summed E-state index contributed by atoms with van der Waals surface area (Å²) in [5.41, 5.74) is 1.63. The van der Waals surface area contributed by atoms with E-state index in [0.717, 1.165) is 18.2 Å². The Kier molecular flexibility index (Phi) is 6.27. The standard InChI is InChI=1S/C23H22O5/c1-3-7-16-12-14-18(15-13-16)22(24)27-19-10-5-8-17-9-6-11-20(21(17)19)28-23(25)26-4-2/h5-6,8-15H,3-4,7H2,1-2H3. The lowest BCUT2D eigenvalue weighted by molar-refractivity contribution is 0.0737. The van der Waals surface area contributed by atoms with Crippen molar-refractivity contribution in [2.24, 2.45) is 0 Å². The van der Waals surface area contributed by atoms with Crippen molar-refractivity contribution in [3.8, 4) is 11.5 Å². The molecule has 28 heavy (non-hydrogen) atoms. The highest BCUT2D eigenvalue weighted by molar-refractivity contribution is 5.98. The number of hydrogen-bond acceptors (Lipinski definition) is 5. The van der Waals surface area contributed by atoms with E-state index >= 15 is 0 Å². The van der Waals surface area contributed by atoms with Gasteiger partial charge in [0.25, 0.3) is 0 Å². The smallest absolute Gasteiger partial charge is 0.434 e. The van der Waals surface area contributed by atoms with Crippen LogP contribution in [0.2, 0.25) is 0 Å². The van der Waals surface area contributed by atoms with Gasteiger partial charge in [0, 0.05) is 0 Å². The molecule has 0 aliphatic rings. The summed E-state index contributed by atoms with van der Waals surface area (Å²) < 4.78 is 15.8. The van der Waals surface area contributed by atoms with Gasteiger partial charge in [0.1, 0.15) is 11.5 Å². The van der Waals surface area contributed by atoms with E-state index in [1.54, 1.807) is 43.3 Å². The molecule has 0 bridgehead atoms. The molecule has 5 nitrogen and oxygen atoms in total. The van der Waals surface area contributed by atoms with Crippen LogP contribution >= 0.6 is 0 Å². The second kappa shape index (κ2) is 9.04. The Hall–Kier alpha value is -3.34. The molecule has 3 aromatic carbocycles. The summed E-state index contributed by atoms with van der Waals surface area (Å²) in [6.07, 6.45) is 1.21. The minimum absolute atomic E-state index is 0.208. The van der Waals surface area contributed by atoms with Gasteiger partial charge in [0.2, 0.25) is 0 Å². The molecule has 3 aromatic rings. The second-order valence-electron chi connectivity index (χ2n) is 6.23. The van der Waals surface area contributed by atoms with Crippen molar-refractivity contribution in [1.82, 2.24) is 0 Å². The van der Waals surface area contributed by atoms with Crippen LogP contribution in [0.3, 0.4) is 0 Å². The maximum absolute atomic E-state index is 12.6. The topological polar surface area (TPSA) is 61.8 Å². The molecular formula is C23H22O5. The third kappa shape index (κ3) is 4.49. The van der Waals surface area contributed by atoms with Crippen LogP contribution in [0.4, 0.5) is 4.79 Å². The van der Waals surface area contributed by atoms with Crippen molar-refractivity contribution in [2.75, 3.05) is 6.61 Å². The molecule has 0 aromatic heterocycles. The maximum Gasteiger partial charge on any atom is 0.513 e. The Morgan fingerprint density at radius 1 is 0.821 bits per heavy atom. The molecule has 0 N–H and O–H groups in total. The molecule has 0 aliphatic carbocycles. The van der Waals surface area contributed by atoms with Gasteiger partial charge in [-0.05, 0) is 48.6 Å². The zero-order chi connectivity index (χ0) is 19.9. The van der Waals surface area contributed by atoms with Crippen LogP contribution in [0, 0.1) is 0 Å². The maximum atomic E-state index is 12.6. The van der Waals surface area contributed by atoms with E-state index < -0.39 is 12.1 Å². The van der Waals surface area contributed by atoms with Gasteiger partial charge in [-0.3, -0.25) is 0 Å². The van der Waals surface area contributed by atoms with E-state index in [1.165, 1.54) is 5.56 Å². The zero-order valence-corrected chi connectivity index (χ0v) is 15.9. The number of ether oxygens (including phenoxy) is 3. The summed E-state index contributed by atoms with van der Waals surface area (Å²) in [7, 11) is 0. The Morgan fingerprint density at radius 3 is 2.07 bits per heavy atom. The number of fused-ring (bicyclic) bond motifs is 1. The van der Waals surface area contributed by atoms with Crippen LogP contribution in [0.15, 0.2) is 60.7 Å². The van der Waals surface area contributed by atoms with Crippen LogP contribution in [-0.4, -0.2) is 18.7 Å². The molecule has 0 radical (unpaired) electrons. The predicted molar refractivity (Wildman–Crippen MR) is 107 cm³/mol. The SMILES string of the molecule is CCCc1ccc(C(=O)Oc2cccc3cccc(OC(=O)OCC)c23)cc1. The third-order valence-corrected chi connectivity index (χ3v) is 4.21. The van der Waals surface area contributed by atoms with Gasteiger partial charge in [-0.2, -0.15) is 0 Å². The first kappa shape index (κ1) is 19.4. The van der Waals surface area contributed by atoms with Crippen molar-refractivity contribution in [3.05, 3.63) is 71.8 Å². The molecule has 0 saturated carbocycles. The third-order valence-electron chi connectivity index (χ3n) is 4.21. The first-order valence-electron chi connectivity index (χ1n) is 9.29. The Bertz CT molecular complexity index is 971. The lowest BCUT2D eigenvalue weighted by Crippen LogP contribution is -2.11. The van der Waals surface area contributed by atoms with Crippen LogP contribution in [-0.2, 0) is 11.2 Å². The Morgan fingerprint density at radius 2 is 1.46 bits per heavy atom. The predicted octanol–water partition coefficient (Wildman–Crippen LogP) is 5.55. The Labute approximate surface area is 163 Å². The van der Waals surface area contributed by atoms with E-state index in [9.17, 15) is 9.59 Å². The van der Waals surface area contributed by atoms with Crippen molar-refractivity contribution in [3.63, 3.8) is 0 Å². The van der Waals surface area contributed by atoms with Gasteiger partial charge in [-0.15, -0.1) is 0 Å². The van der Waals surface area contributed by atoms with Crippen molar-refractivity contribution in [1.29, 1.82) is 0 Å². The van der Waals surface area contributed by atoms with E-state index in [1.807, 2.05) is 24.3 Å². The lowest BCUT2D eigenvalue weighted by Gasteiger charge is -2.12. The molecule has 0 spiro atoms. The monoisotopic (exact) mass is 378 g/mol. The fourth-order valence-corrected chi connectivity index (χ4v) is 2.94. The van der Waals surface area contributed by atoms with Gasteiger partial charge in [-0.1, -0.05) is 49.7 Å². The number of benzene rings is 3. The first-order chi connectivity index (χ1) is 13.6. The molecule has 0 atom stereocenters. The second-order valence-corrected chi connectivity index (χ2v) is 6.23. The quantitative estimate of drug-likeness (QED) is 0.320. The molecule has 0 unspecified atom stereocenters. The van der Waals surface area contributed by atoms with Crippen molar-refractivity contribution in [2.45, 2.75) is 26.7 Å². The highest BCUT2D eigenvalue weighted by Gasteiger charge is 2.16. The average Bonchev–Trinajstić information content (AvgIpc) is 2.69. The largest absolute Gasteiger partial charge is 0.513 e.